The number of hydrogen-bond donors (Lipinski definition) is 0. The van der Waals surface area contributed by atoms with Crippen LogP contribution in [0.1, 0.15) is 31.7 Å². The molecule has 4 aromatic rings. The van der Waals surface area contributed by atoms with Crippen LogP contribution in [0.15, 0.2) is 46.6 Å². The van der Waals surface area contributed by atoms with Crippen LogP contribution in [0.25, 0.3) is 16.7 Å². The molecule has 0 N–H and O–H groups in total. The summed E-state index contributed by atoms with van der Waals surface area (Å²) in [6.07, 6.45) is 6.66. The number of ether oxygens (including phenoxy) is 2. The zero-order valence-electron chi connectivity index (χ0n) is 17.3. The highest BCUT2D eigenvalue weighted by molar-refractivity contribution is 7.98. The molecule has 160 valence electrons. The highest BCUT2D eigenvalue weighted by atomic mass is 32.2. The van der Waals surface area contributed by atoms with Gasteiger partial charge in [0.2, 0.25) is 5.16 Å². The highest BCUT2D eigenvalue weighted by Crippen LogP contribution is 2.32. The van der Waals surface area contributed by atoms with Crippen LogP contribution in [0.3, 0.4) is 0 Å². The molecule has 1 aliphatic rings. The number of nitrogens with zero attached hydrogens (tertiary/aromatic N) is 5. The van der Waals surface area contributed by atoms with Crippen molar-refractivity contribution >= 4 is 28.4 Å². The van der Waals surface area contributed by atoms with Gasteiger partial charge in [0.1, 0.15) is 13.2 Å². The van der Waals surface area contributed by atoms with Crippen molar-refractivity contribution in [2.24, 2.45) is 0 Å². The number of fused-ring (bicyclic) bond motifs is 4. The molecular formula is C22H23N5O3S. The first kappa shape index (κ1) is 19.9. The maximum Gasteiger partial charge on any atom is 0.261 e. The molecule has 5 rings (SSSR count). The summed E-state index contributed by atoms with van der Waals surface area (Å²) in [4.78, 5) is 21.7. The molecule has 0 saturated carbocycles. The Morgan fingerprint density at radius 3 is 2.87 bits per heavy atom. The fourth-order valence-corrected chi connectivity index (χ4v) is 4.40. The van der Waals surface area contributed by atoms with E-state index in [0.717, 1.165) is 41.8 Å². The average molecular weight is 438 g/mol. The molecule has 3 aromatic heterocycles. The van der Waals surface area contributed by atoms with Gasteiger partial charge in [-0.05, 0) is 30.2 Å². The van der Waals surface area contributed by atoms with Crippen molar-refractivity contribution in [2.45, 2.75) is 43.6 Å². The predicted octanol–water partition coefficient (Wildman–Crippen LogP) is 3.69. The van der Waals surface area contributed by atoms with Gasteiger partial charge in [-0.15, -0.1) is 5.10 Å². The summed E-state index contributed by atoms with van der Waals surface area (Å²) in [6.45, 7) is 4.01. The second-order valence-electron chi connectivity index (χ2n) is 7.45. The third-order valence-corrected chi connectivity index (χ3v) is 6.17. The van der Waals surface area contributed by atoms with Crippen LogP contribution in [-0.2, 0) is 12.3 Å². The number of benzene rings is 1. The monoisotopic (exact) mass is 437 g/mol. The molecule has 0 aliphatic carbocycles. The van der Waals surface area contributed by atoms with Crippen LogP contribution in [0, 0.1) is 0 Å². The van der Waals surface area contributed by atoms with E-state index >= 15 is 0 Å². The summed E-state index contributed by atoms with van der Waals surface area (Å²) in [6, 6.07) is 7.86. The smallest absolute Gasteiger partial charge is 0.261 e. The number of aromatic nitrogens is 5. The SMILES string of the molecule is CCCCCn1ccc2c(cnc3nc(SCc4ccc5c(c4)OCCO5)nn32)c1=O. The molecule has 0 saturated heterocycles. The molecule has 0 atom stereocenters. The molecule has 1 aromatic carbocycles. The largest absolute Gasteiger partial charge is 0.486 e. The first-order chi connectivity index (χ1) is 15.2. The van der Waals surface area contributed by atoms with Crippen molar-refractivity contribution < 1.29 is 9.47 Å². The second-order valence-corrected chi connectivity index (χ2v) is 8.39. The lowest BCUT2D eigenvalue weighted by Crippen LogP contribution is -2.20. The Hall–Kier alpha value is -3.07. The Labute approximate surface area is 183 Å². The van der Waals surface area contributed by atoms with Crippen molar-refractivity contribution in [2.75, 3.05) is 13.2 Å². The van der Waals surface area contributed by atoms with E-state index in [1.54, 1.807) is 15.3 Å². The first-order valence-corrected chi connectivity index (χ1v) is 11.5. The van der Waals surface area contributed by atoms with E-state index in [9.17, 15) is 4.79 Å². The van der Waals surface area contributed by atoms with Gasteiger partial charge in [0.15, 0.2) is 11.5 Å². The van der Waals surface area contributed by atoms with Gasteiger partial charge in [0.05, 0.1) is 10.9 Å². The number of aryl methyl sites for hydroxylation is 1. The molecule has 0 unspecified atom stereocenters. The zero-order chi connectivity index (χ0) is 21.2. The number of hydrogen-bond acceptors (Lipinski definition) is 7. The second kappa shape index (κ2) is 8.58. The Morgan fingerprint density at radius 2 is 2.00 bits per heavy atom. The minimum absolute atomic E-state index is 0.0380. The van der Waals surface area contributed by atoms with E-state index in [2.05, 4.69) is 22.0 Å². The van der Waals surface area contributed by atoms with Crippen molar-refractivity contribution in [3.8, 4) is 11.5 Å². The summed E-state index contributed by atoms with van der Waals surface area (Å²) in [7, 11) is 0. The number of rotatable bonds is 7. The molecule has 0 bridgehead atoms. The fourth-order valence-electron chi connectivity index (χ4n) is 3.64. The maximum atomic E-state index is 12.8. The average Bonchev–Trinajstić information content (AvgIpc) is 3.23. The van der Waals surface area contributed by atoms with Gasteiger partial charge in [-0.25, -0.2) is 4.98 Å². The van der Waals surface area contributed by atoms with Crippen LogP contribution < -0.4 is 15.0 Å². The molecule has 31 heavy (non-hydrogen) atoms. The van der Waals surface area contributed by atoms with Crippen LogP contribution in [0.2, 0.25) is 0 Å². The third-order valence-electron chi connectivity index (χ3n) is 5.26. The zero-order valence-corrected chi connectivity index (χ0v) is 18.1. The summed E-state index contributed by atoms with van der Waals surface area (Å²) in [5.74, 6) is 2.73. The van der Waals surface area contributed by atoms with Gasteiger partial charge in [-0.3, -0.25) is 4.79 Å². The summed E-state index contributed by atoms with van der Waals surface area (Å²) < 4.78 is 14.6. The van der Waals surface area contributed by atoms with Gasteiger partial charge in [0.25, 0.3) is 11.3 Å². The predicted molar refractivity (Wildman–Crippen MR) is 119 cm³/mol. The van der Waals surface area contributed by atoms with Crippen LogP contribution >= 0.6 is 11.8 Å². The van der Waals surface area contributed by atoms with Crippen LogP contribution in [0.4, 0.5) is 0 Å². The van der Waals surface area contributed by atoms with E-state index in [0.29, 0.717) is 41.8 Å². The lowest BCUT2D eigenvalue weighted by molar-refractivity contribution is 0.171. The minimum atomic E-state index is -0.0380. The fraction of sp³-hybridized carbons (Fsp3) is 0.364. The quantitative estimate of drug-likeness (QED) is 0.322. The molecule has 0 spiro atoms. The normalized spacial score (nSPS) is 13.2. The van der Waals surface area contributed by atoms with Crippen molar-refractivity contribution in [1.29, 1.82) is 0 Å². The number of thioether (sulfide) groups is 1. The van der Waals surface area contributed by atoms with Gasteiger partial charge in [-0.1, -0.05) is 37.6 Å². The van der Waals surface area contributed by atoms with E-state index in [1.807, 2.05) is 30.5 Å². The van der Waals surface area contributed by atoms with Gasteiger partial charge >= 0.3 is 0 Å². The summed E-state index contributed by atoms with van der Waals surface area (Å²) in [5.41, 5.74) is 1.78. The van der Waals surface area contributed by atoms with Gasteiger partial charge < -0.3 is 14.0 Å². The standard InChI is InChI=1S/C22H23N5O3S/c1-2-3-4-8-26-9-7-17-16(20(26)28)13-23-21-24-22(25-27(17)21)31-14-15-5-6-18-19(12-15)30-11-10-29-18/h5-7,9,12-13H,2-4,8,10-11,14H2,1H3. The lowest BCUT2D eigenvalue weighted by Gasteiger charge is -2.18. The number of pyridine rings is 1. The van der Waals surface area contributed by atoms with Gasteiger partial charge in [-0.2, -0.15) is 9.50 Å². The molecule has 0 fully saturated rings. The van der Waals surface area contributed by atoms with Crippen molar-refractivity contribution in [3.63, 3.8) is 0 Å². The Balaban J connectivity index is 1.38. The molecule has 8 nitrogen and oxygen atoms in total. The van der Waals surface area contributed by atoms with Crippen molar-refractivity contribution in [3.05, 3.63) is 52.6 Å². The Kier molecular flexibility index (Phi) is 5.50. The maximum absolute atomic E-state index is 12.8. The van der Waals surface area contributed by atoms with Gasteiger partial charge in [0, 0.05) is 24.7 Å². The molecule has 9 heteroatoms. The van der Waals surface area contributed by atoms with Crippen molar-refractivity contribution in [1.82, 2.24) is 24.1 Å². The lowest BCUT2D eigenvalue weighted by atomic mass is 10.2. The molecular weight excluding hydrogens is 414 g/mol. The summed E-state index contributed by atoms with van der Waals surface area (Å²) in [5, 5.41) is 5.76. The first-order valence-electron chi connectivity index (χ1n) is 10.5. The minimum Gasteiger partial charge on any atom is -0.486 e. The van der Waals surface area contributed by atoms with E-state index < -0.39 is 0 Å². The summed E-state index contributed by atoms with van der Waals surface area (Å²) >= 11 is 1.52. The topological polar surface area (TPSA) is 83.5 Å². The Bertz CT molecular complexity index is 1300. The highest BCUT2D eigenvalue weighted by Gasteiger charge is 2.14. The van der Waals surface area contributed by atoms with E-state index in [1.165, 1.54) is 11.8 Å². The molecule has 1 aliphatic heterocycles. The third kappa shape index (κ3) is 3.97. The van der Waals surface area contributed by atoms with Crippen LogP contribution in [-0.4, -0.2) is 37.4 Å². The van der Waals surface area contributed by atoms with E-state index in [-0.39, 0.29) is 5.56 Å². The number of unbranched alkanes of at least 4 members (excludes halogenated alkanes) is 2. The molecule has 0 radical (unpaired) electrons. The Morgan fingerprint density at radius 1 is 1.13 bits per heavy atom. The molecule has 4 heterocycles. The van der Waals surface area contributed by atoms with E-state index in [4.69, 9.17) is 9.47 Å². The van der Waals surface area contributed by atoms with Crippen LogP contribution in [0.5, 0.6) is 11.5 Å². The molecule has 0 amide bonds.